The highest BCUT2D eigenvalue weighted by Gasteiger charge is 2.26. The summed E-state index contributed by atoms with van der Waals surface area (Å²) in [6.07, 6.45) is 4.49. The van der Waals surface area contributed by atoms with Crippen molar-refractivity contribution in [2.24, 2.45) is 0 Å². The third-order valence-corrected chi connectivity index (χ3v) is 4.60. The van der Waals surface area contributed by atoms with Crippen LogP contribution in [0.3, 0.4) is 0 Å². The number of piperidine rings is 1. The van der Waals surface area contributed by atoms with Crippen molar-refractivity contribution in [1.82, 2.24) is 14.7 Å². The molecular weight excluding hydrogens is 306 g/mol. The maximum Gasteiger partial charge on any atom is 0.338 e. The van der Waals surface area contributed by atoms with Gasteiger partial charge in [0.2, 0.25) is 0 Å². The molecule has 1 aromatic carbocycles. The van der Waals surface area contributed by atoms with Gasteiger partial charge in [-0.2, -0.15) is 5.10 Å². The van der Waals surface area contributed by atoms with Gasteiger partial charge in [0.1, 0.15) is 0 Å². The fraction of sp³-hybridized carbons (Fsp3) is 0.389. The van der Waals surface area contributed by atoms with Gasteiger partial charge in [-0.1, -0.05) is 17.7 Å². The topological polar surface area (TPSA) is 75.4 Å². The van der Waals surface area contributed by atoms with Gasteiger partial charge in [0.25, 0.3) is 5.91 Å². The van der Waals surface area contributed by atoms with Crippen molar-refractivity contribution in [3.05, 3.63) is 52.8 Å². The van der Waals surface area contributed by atoms with Crippen LogP contribution in [0.25, 0.3) is 0 Å². The first kappa shape index (κ1) is 16.2. The molecule has 1 fully saturated rings. The third-order valence-electron chi connectivity index (χ3n) is 4.60. The second-order valence-electron chi connectivity index (χ2n) is 6.36. The predicted octanol–water partition coefficient (Wildman–Crippen LogP) is 2.68. The Hall–Kier alpha value is -2.63. The number of carboxylic acid groups (broad SMARTS) is 1. The van der Waals surface area contributed by atoms with Gasteiger partial charge in [-0.3, -0.25) is 9.48 Å². The summed E-state index contributed by atoms with van der Waals surface area (Å²) in [4.78, 5) is 25.6. The highest BCUT2D eigenvalue weighted by atomic mass is 16.4. The van der Waals surface area contributed by atoms with Gasteiger partial charge < -0.3 is 10.0 Å². The molecule has 0 aliphatic carbocycles. The average molecular weight is 327 g/mol. The number of carbonyl (C=O) groups is 2. The number of likely N-dealkylation sites (tertiary alicyclic amines) is 1. The minimum atomic E-state index is -0.969. The van der Waals surface area contributed by atoms with E-state index >= 15 is 0 Å². The van der Waals surface area contributed by atoms with Crippen molar-refractivity contribution in [2.75, 3.05) is 13.1 Å². The first-order chi connectivity index (χ1) is 11.5. The zero-order valence-corrected chi connectivity index (χ0v) is 13.9. The number of carbonyl (C=O) groups excluding carboxylic acids is 1. The molecule has 0 spiro atoms. The highest BCUT2D eigenvalue weighted by Crippen LogP contribution is 2.24. The van der Waals surface area contributed by atoms with E-state index in [0.29, 0.717) is 13.1 Å². The molecule has 2 heterocycles. The summed E-state index contributed by atoms with van der Waals surface area (Å²) in [7, 11) is 0. The lowest BCUT2D eigenvalue weighted by molar-refractivity contribution is 0.0687. The number of aromatic carboxylic acids is 1. The molecule has 0 atom stereocenters. The van der Waals surface area contributed by atoms with Crippen LogP contribution in [0.15, 0.2) is 30.6 Å². The van der Waals surface area contributed by atoms with Crippen molar-refractivity contribution >= 4 is 11.9 Å². The van der Waals surface area contributed by atoms with Crippen molar-refractivity contribution in [2.45, 2.75) is 32.7 Å². The number of carboxylic acids is 1. The third kappa shape index (κ3) is 3.18. The number of aryl methyl sites for hydroxylation is 2. The number of hydrogen-bond acceptors (Lipinski definition) is 3. The van der Waals surface area contributed by atoms with Crippen LogP contribution < -0.4 is 0 Å². The standard InChI is InChI=1S/C18H21N3O3/c1-12-3-4-13(2)16(9-12)17(22)20-7-5-15(6-8-20)21-11-14(10-19-21)18(23)24/h3-4,9-11,15H,5-8H2,1-2H3,(H,23,24). The molecule has 0 radical (unpaired) electrons. The molecule has 126 valence electrons. The molecule has 6 heteroatoms. The number of hydrogen-bond donors (Lipinski definition) is 1. The first-order valence-electron chi connectivity index (χ1n) is 8.09. The Kier molecular flexibility index (Phi) is 4.38. The van der Waals surface area contributed by atoms with Gasteiger partial charge in [0, 0.05) is 24.8 Å². The number of nitrogens with zero attached hydrogens (tertiary/aromatic N) is 3. The molecule has 1 amide bonds. The van der Waals surface area contributed by atoms with E-state index in [9.17, 15) is 9.59 Å². The van der Waals surface area contributed by atoms with Crippen LogP contribution in [0.5, 0.6) is 0 Å². The van der Waals surface area contributed by atoms with E-state index in [1.54, 1.807) is 10.9 Å². The molecule has 0 bridgehead atoms. The first-order valence-corrected chi connectivity index (χ1v) is 8.09. The van der Waals surface area contributed by atoms with Crippen LogP contribution in [-0.2, 0) is 0 Å². The summed E-state index contributed by atoms with van der Waals surface area (Å²) in [5.41, 5.74) is 3.03. The quantitative estimate of drug-likeness (QED) is 0.940. The summed E-state index contributed by atoms with van der Waals surface area (Å²) in [5.74, 6) is -0.898. The lowest BCUT2D eigenvalue weighted by atomic mass is 10.0. The van der Waals surface area contributed by atoms with Gasteiger partial charge in [0.15, 0.2) is 0 Å². The molecule has 1 saturated heterocycles. The number of amides is 1. The van der Waals surface area contributed by atoms with Crippen LogP contribution in [0.1, 0.15) is 50.7 Å². The molecule has 2 aromatic rings. The molecule has 1 N–H and O–H groups in total. The van der Waals surface area contributed by atoms with Crippen molar-refractivity contribution in [3.8, 4) is 0 Å². The van der Waals surface area contributed by atoms with E-state index in [1.165, 1.54) is 6.20 Å². The van der Waals surface area contributed by atoms with Gasteiger partial charge in [0.05, 0.1) is 17.8 Å². The second kappa shape index (κ2) is 6.47. The number of benzene rings is 1. The van der Waals surface area contributed by atoms with E-state index in [2.05, 4.69) is 5.10 Å². The van der Waals surface area contributed by atoms with Gasteiger partial charge >= 0.3 is 5.97 Å². The summed E-state index contributed by atoms with van der Waals surface area (Å²) >= 11 is 0. The second-order valence-corrected chi connectivity index (χ2v) is 6.36. The van der Waals surface area contributed by atoms with Crippen LogP contribution >= 0.6 is 0 Å². The fourth-order valence-corrected chi connectivity index (χ4v) is 3.12. The Morgan fingerprint density at radius 3 is 2.54 bits per heavy atom. The molecule has 1 aliphatic heterocycles. The average Bonchev–Trinajstić information content (AvgIpc) is 3.07. The monoisotopic (exact) mass is 327 g/mol. The highest BCUT2D eigenvalue weighted by molar-refractivity contribution is 5.95. The summed E-state index contributed by atoms with van der Waals surface area (Å²) < 4.78 is 1.71. The lowest BCUT2D eigenvalue weighted by Crippen LogP contribution is -2.39. The van der Waals surface area contributed by atoms with Crippen LogP contribution in [0, 0.1) is 13.8 Å². The summed E-state index contributed by atoms with van der Waals surface area (Å²) in [5, 5.41) is 13.1. The van der Waals surface area contributed by atoms with Crippen LogP contribution in [-0.4, -0.2) is 44.8 Å². The maximum atomic E-state index is 12.7. The summed E-state index contributed by atoms with van der Waals surface area (Å²) in [6.45, 7) is 5.25. The van der Waals surface area contributed by atoms with E-state index in [0.717, 1.165) is 29.5 Å². The van der Waals surface area contributed by atoms with Gasteiger partial charge in [-0.15, -0.1) is 0 Å². The number of aromatic nitrogens is 2. The Morgan fingerprint density at radius 2 is 1.92 bits per heavy atom. The van der Waals surface area contributed by atoms with E-state index in [4.69, 9.17) is 5.11 Å². The smallest absolute Gasteiger partial charge is 0.338 e. The Morgan fingerprint density at radius 1 is 1.21 bits per heavy atom. The Labute approximate surface area is 140 Å². The molecule has 24 heavy (non-hydrogen) atoms. The van der Waals surface area contributed by atoms with Gasteiger partial charge in [-0.25, -0.2) is 4.79 Å². The summed E-state index contributed by atoms with van der Waals surface area (Å²) in [6, 6.07) is 6.07. The zero-order valence-electron chi connectivity index (χ0n) is 13.9. The molecule has 0 saturated carbocycles. The minimum absolute atomic E-state index is 0.0707. The van der Waals surface area contributed by atoms with E-state index < -0.39 is 5.97 Å². The lowest BCUT2D eigenvalue weighted by Gasteiger charge is -2.32. The maximum absolute atomic E-state index is 12.7. The van der Waals surface area contributed by atoms with Crippen LogP contribution in [0.4, 0.5) is 0 Å². The largest absolute Gasteiger partial charge is 0.478 e. The minimum Gasteiger partial charge on any atom is -0.478 e. The fourth-order valence-electron chi connectivity index (χ4n) is 3.12. The van der Waals surface area contributed by atoms with Crippen molar-refractivity contribution in [1.29, 1.82) is 0 Å². The van der Waals surface area contributed by atoms with Crippen molar-refractivity contribution in [3.63, 3.8) is 0 Å². The zero-order chi connectivity index (χ0) is 17.3. The van der Waals surface area contributed by atoms with E-state index in [-0.39, 0.29) is 17.5 Å². The van der Waals surface area contributed by atoms with E-state index in [1.807, 2.05) is 36.9 Å². The molecule has 1 aliphatic rings. The molecule has 0 unspecified atom stereocenters. The Bertz CT molecular complexity index is 774. The number of rotatable bonds is 3. The molecule has 3 rings (SSSR count). The van der Waals surface area contributed by atoms with Gasteiger partial charge in [-0.05, 0) is 38.3 Å². The van der Waals surface area contributed by atoms with Crippen molar-refractivity contribution < 1.29 is 14.7 Å². The normalized spacial score (nSPS) is 15.5. The Balaban J connectivity index is 1.67. The molecular formula is C18H21N3O3. The molecule has 6 nitrogen and oxygen atoms in total. The van der Waals surface area contributed by atoms with Crippen LogP contribution in [0.2, 0.25) is 0 Å². The predicted molar refractivity (Wildman–Crippen MR) is 89.3 cm³/mol. The SMILES string of the molecule is Cc1ccc(C)c(C(=O)N2CCC(n3cc(C(=O)O)cn3)CC2)c1. The molecule has 1 aromatic heterocycles.